The van der Waals surface area contributed by atoms with Crippen LogP contribution < -0.4 is 5.73 Å². The van der Waals surface area contributed by atoms with Gasteiger partial charge < -0.3 is 10.5 Å². The number of halogens is 1. The fourth-order valence-electron chi connectivity index (χ4n) is 2.69. The number of ether oxygens (including phenoxy) is 1. The van der Waals surface area contributed by atoms with Crippen molar-refractivity contribution >= 4 is 22.6 Å². The summed E-state index contributed by atoms with van der Waals surface area (Å²) >= 11 is 0. The van der Waals surface area contributed by atoms with Gasteiger partial charge in [-0.2, -0.15) is 17.0 Å². The third-order valence-electron chi connectivity index (χ3n) is 3.62. The maximum atomic E-state index is 12.9. The molecule has 2 atom stereocenters. The Morgan fingerprint density at radius 2 is 1.78 bits per heavy atom. The first kappa shape index (κ1) is 20.3. The van der Waals surface area contributed by atoms with Crippen LogP contribution in [0, 0.1) is 0 Å². The summed E-state index contributed by atoms with van der Waals surface area (Å²) < 4.78 is 34.4. The van der Waals surface area contributed by atoms with E-state index in [2.05, 4.69) is 0 Å². The van der Waals surface area contributed by atoms with E-state index in [9.17, 15) is 8.42 Å². The fraction of sp³-hybridized carbons (Fsp3) is 0.600. The van der Waals surface area contributed by atoms with Gasteiger partial charge in [0.25, 0.3) is 10.2 Å². The number of rotatable bonds is 6. The molecule has 0 radical (unpaired) electrons. The van der Waals surface area contributed by atoms with Gasteiger partial charge in [-0.15, -0.1) is 12.4 Å². The van der Waals surface area contributed by atoms with Crippen LogP contribution in [0.25, 0.3) is 0 Å². The molecule has 0 aliphatic carbocycles. The van der Waals surface area contributed by atoms with E-state index >= 15 is 0 Å². The number of benzene rings is 1. The van der Waals surface area contributed by atoms with Gasteiger partial charge in [0.15, 0.2) is 0 Å². The molecule has 1 saturated heterocycles. The van der Waals surface area contributed by atoms with Gasteiger partial charge in [0.05, 0.1) is 12.2 Å². The van der Waals surface area contributed by atoms with Gasteiger partial charge in [-0.25, -0.2) is 0 Å². The number of nitrogens with two attached hydrogens (primary N) is 1. The van der Waals surface area contributed by atoms with Crippen molar-refractivity contribution in [2.75, 3.05) is 26.2 Å². The molecule has 0 saturated carbocycles. The zero-order valence-corrected chi connectivity index (χ0v) is 15.2. The third kappa shape index (κ3) is 5.41. The minimum Gasteiger partial charge on any atom is -0.373 e. The van der Waals surface area contributed by atoms with E-state index in [-0.39, 0.29) is 24.6 Å². The van der Waals surface area contributed by atoms with E-state index in [1.807, 2.05) is 44.2 Å². The smallest absolute Gasteiger partial charge is 0.282 e. The van der Waals surface area contributed by atoms with Crippen LogP contribution in [0.3, 0.4) is 0 Å². The minimum atomic E-state index is -3.54. The molecule has 6 nitrogen and oxygen atoms in total. The topological polar surface area (TPSA) is 75.9 Å². The predicted molar refractivity (Wildman–Crippen MR) is 93.7 cm³/mol. The monoisotopic (exact) mass is 363 g/mol. The Labute approximate surface area is 145 Å². The van der Waals surface area contributed by atoms with Crippen LogP contribution in [0.1, 0.15) is 19.4 Å². The fourth-order valence-corrected chi connectivity index (χ4v) is 4.46. The summed E-state index contributed by atoms with van der Waals surface area (Å²) in [4.78, 5) is 0. The quantitative estimate of drug-likeness (QED) is 0.824. The van der Waals surface area contributed by atoms with E-state index in [1.165, 1.54) is 8.61 Å². The van der Waals surface area contributed by atoms with Crippen LogP contribution in [0.5, 0.6) is 0 Å². The average Bonchev–Trinajstić information content (AvgIpc) is 2.47. The molecule has 0 spiro atoms. The summed E-state index contributed by atoms with van der Waals surface area (Å²) in [6.45, 7) is 5.47. The molecule has 1 aliphatic heterocycles. The summed E-state index contributed by atoms with van der Waals surface area (Å²) in [5.41, 5.74) is 6.57. The van der Waals surface area contributed by atoms with Crippen molar-refractivity contribution in [2.45, 2.75) is 32.6 Å². The van der Waals surface area contributed by atoms with Crippen molar-refractivity contribution in [3.63, 3.8) is 0 Å². The van der Waals surface area contributed by atoms with E-state index in [4.69, 9.17) is 10.5 Å². The zero-order valence-electron chi connectivity index (χ0n) is 13.6. The average molecular weight is 364 g/mol. The second-order valence-electron chi connectivity index (χ2n) is 5.69. The number of morpholine rings is 1. The normalized spacial score (nSPS) is 22.8. The Bertz CT molecular complexity index is 561. The number of hydrogen-bond donors (Lipinski definition) is 1. The second kappa shape index (κ2) is 8.96. The highest BCUT2D eigenvalue weighted by Gasteiger charge is 2.34. The molecule has 23 heavy (non-hydrogen) atoms. The minimum absolute atomic E-state index is 0. The molecule has 1 aromatic rings. The summed E-state index contributed by atoms with van der Waals surface area (Å²) in [5.74, 6) is 0. The molecule has 0 aromatic heterocycles. The molecule has 1 heterocycles. The third-order valence-corrected chi connectivity index (χ3v) is 5.53. The summed E-state index contributed by atoms with van der Waals surface area (Å²) in [7, 11) is -3.54. The maximum Gasteiger partial charge on any atom is 0.282 e. The molecule has 0 amide bonds. The Hall–Kier alpha value is -0.700. The Kier molecular flexibility index (Phi) is 7.93. The lowest BCUT2D eigenvalue weighted by atomic mass is 10.2. The number of nitrogens with zero attached hydrogens (tertiary/aromatic N) is 2. The van der Waals surface area contributed by atoms with Crippen molar-refractivity contribution in [2.24, 2.45) is 5.73 Å². The highest BCUT2D eigenvalue weighted by molar-refractivity contribution is 7.86. The van der Waals surface area contributed by atoms with E-state index in [0.29, 0.717) is 32.7 Å². The SMILES string of the molecule is CC1CN(S(=O)(=O)N(CCN)Cc2ccccc2)CC(C)O1.Cl. The maximum absolute atomic E-state index is 12.9. The molecule has 1 aromatic carbocycles. The van der Waals surface area contributed by atoms with Crippen molar-refractivity contribution in [3.05, 3.63) is 35.9 Å². The summed E-state index contributed by atoms with van der Waals surface area (Å²) in [6, 6.07) is 9.56. The first-order valence-electron chi connectivity index (χ1n) is 7.58. The highest BCUT2D eigenvalue weighted by atomic mass is 35.5. The van der Waals surface area contributed by atoms with Crippen molar-refractivity contribution in [3.8, 4) is 0 Å². The Balaban J connectivity index is 0.00000264. The van der Waals surface area contributed by atoms with Gasteiger partial charge in [-0.3, -0.25) is 0 Å². The summed E-state index contributed by atoms with van der Waals surface area (Å²) in [5, 5.41) is 0. The first-order valence-corrected chi connectivity index (χ1v) is 8.98. The van der Waals surface area contributed by atoms with Crippen LogP contribution >= 0.6 is 12.4 Å². The van der Waals surface area contributed by atoms with Crippen molar-refractivity contribution in [1.82, 2.24) is 8.61 Å². The van der Waals surface area contributed by atoms with Gasteiger partial charge in [-0.1, -0.05) is 30.3 Å². The van der Waals surface area contributed by atoms with Gasteiger partial charge in [0.1, 0.15) is 0 Å². The largest absolute Gasteiger partial charge is 0.373 e. The Morgan fingerprint density at radius 3 is 2.30 bits per heavy atom. The van der Waals surface area contributed by atoms with Crippen molar-refractivity contribution in [1.29, 1.82) is 0 Å². The standard InChI is InChI=1S/C15H25N3O3S.ClH/c1-13-10-18(11-14(2)21-13)22(19,20)17(9-8-16)12-15-6-4-3-5-7-15;/h3-7,13-14H,8-12,16H2,1-2H3;1H. The molecule has 8 heteroatoms. The zero-order chi connectivity index (χ0) is 16.2. The van der Waals surface area contributed by atoms with E-state index < -0.39 is 10.2 Å². The second-order valence-corrected chi connectivity index (χ2v) is 7.62. The van der Waals surface area contributed by atoms with Crippen LogP contribution in [-0.4, -0.2) is 55.4 Å². The van der Waals surface area contributed by atoms with E-state index in [1.54, 1.807) is 0 Å². The highest BCUT2D eigenvalue weighted by Crippen LogP contribution is 2.19. The lowest BCUT2D eigenvalue weighted by molar-refractivity contribution is -0.0455. The van der Waals surface area contributed by atoms with Gasteiger partial charge >= 0.3 is 0 Å². The van der Waals surface area contributed by atoms with Gasteiger partial charge in [-0.05, 0) is 19.4 Å². The molecule has 2 unspecified atom stereocenters. The van der Waals surface area contributed by atoms with Crippen LogP contribution in [0.15, 0.2) is 30.3 Å². The first-order chi connectivity index (χ1) is 10.4. The molecule has 2 N–H and O–H groups in total. The molecular formula is C15H26ClN3O3S. The predicted octanol–water partition coefficient (Wildman–Crippen LogP) is 1.22. The van der Waals surface area contributed by atoms with Crippen molar-refractivity contribution < 1.29 is 13.2 Å². The van der Waals surface area contributed by atoms with Gasteiger partial charge in [0, 0.05) is 32.7 Å². The molecule has 132 valence electrons. The Morgan fingerprint density at radius 1 is 1.22 bits per heavy atom. The molecule has 2 rings (SSSR count). The van der Waals surface area contributed by atoms with Crippen LogP contribution in [0.4, 0.5) is 0 Å². The molecule has 1 aliphatic rings. The lowest BCUT2D eigenvalue weighted by Gasteiger charge is -2.37. The molecular weight excluding hydrogens is 338 g/mol. The lowest BCUT2D eigenvalue weighted by Crippen LogP contribution is -2.53. The van der Waals surface area contributed by atoms with Crippen LogP contribution in [-0.2, 0) is 21.5 Å². The molecule has 1 fully saturated rings. The van der Waals surface area contributed by atoms with Gasteiger partial charge in [0.2, 0.25) is 0 Å². The van der Waals surface area contributed by atoms with Crippen LogP contribution in [0.2, 0.25) is 0 Å². The van der Waals surface area contributed by atoms with E-state index in [0.717, 1.165) is 5.56 Å². The number of hydrogen-bond acceptors (Lipinski definition) is 4. The molecule has 0 bridgehead atoms. The summed E-state index contributed by atoms with van der Waals surface area (Å²) in [6.07, 6.45) is -0.204.